The molecule has 0 spiro atoms. The molecule has 124 valence electrons. The molecule has 24 heavy (non-hydrogen) atoms. The lowest BCUT2D eigenvalue weighted by Gasteiger charge is -2.29. The predicted octanol–water partition coefficient (Wildman–Crippen LogP) is 2.03. The van der Waals surface area contributed by atoms with Crippen LogP contribution in [0.1, 0.15) is 58.1 Å². The molecule has 0 unspecified atom stereocenters. The van der Waals surface area contributed by atoms with Crippen LogP contribution in [-0.2, 0) is 0 Å². The Morgan fingerprint density at radius 1 is 0.958 bits per heavy atom. The zero-order chi connectivity index (χ0) is 16.9. The molecule has 2 amide bonds. The Bertz CT molecular complexity index is 725. The number of nitrogens with zero attached hydrogens (tertiary/aromatic N) is 2. The summed E-state index contributed by atoms with van der Waals surface area (Å²) < 4.78 is 0. The van der Waals surface area contributed by atoms with Gasteiger partial charge in [0.15, 0.2) is 11.4 Å². The fourth-order valence-electron chi connectivity index (χ4n) is 3.23. The molecule has 1 aromatic heterocycles. The minimum absolute atomic E-state index is 0.00446. The molecule has 0 aliphatic heterocycles. The second-order valence-electron chi connectivity index (χ2n) is 6.05. The van der Waals surface area contributed by atoms with Crippen molar-refractivity contribution in [1.82, 2.24) is 15.3 Å². The summed E-state index contributed by atoms with van der Waals surface area (Å²) >= 11 is 0. The first-order valence-corrected chi connectivity index (χ1v) is 8.11. The smallest absolute Gasteiger partial charge is 0.272 e. The van der Waals surface area contributed by atoms with Gasteiger partial charge in [-0.05, 0) is 37.2 Å². The number of carbonyl (C=O) groups excluding carboxylic acids is 2. The van der Waals surface area contributed by atoms with Crippen LogP contribution in [0.15, 0.2) is 42.7 Å². The van der Waals surface area contributed by atoms with E-state index in [0.717, 1.165) is 25.7 Å². The van der Waals surface area contributed by atoms with Crippen molar-refractivity contribution < 1.29 is 9.59 Å². The maximum absolute atomic E-state index is 12.4. The van der Waals surface area contributed by atoms with Gasteiger partial charge < -0.3 is 11.1 Å². The SMILES string of the molecule is NC(=O)c1nccnc1C(=O)NC1CCC(c2ccccc2)CC1. The van der Waals surface area contributed by atoms with Gasteiger partial charge in [-0.3, -0.25) is 9.59 Å². The highest BCUT2D eigenvalue weighted by Crippen LogP contribution is 2.32. The Hall–Kier alpha value is -2.76. The number of benzene rings is 1. The third kappa shape index (κ3) is 3.59. The summed E-state index contributed by atoms with van der Waals surface area (Å²) in [4.78, 5) is 31.5. The van der Waals surface area contributed by atoms with Gasteiger partial charge in [0, 0.05) is 18.4 Å². The highest BCUT2D eigenvalue weighted by Gasteiger charge is 2.25. The quantitative estimate of drug-likeness (QED) is 0.899. The molecular formula is C18H20N4O2. The summed E-state index contributed by atoms with van der Waals surface area (Å²) in [5.41, 5.74) is 6.51. The molecule has 6 heteroatoms. The Morgan fingerprint density at radius 3 is 2.21 bits per heavy atom. The zero-order valence-electron chi connectivity index (χ0n) is 13.3. The van der Waals surface area contributed by atoms with Crippen LogP contribution < -0.4 is 11.1 Å². The van der Waals surface area contributed by atoms with Crippen LogP contribution in [-0.4, -0.2) is 27.8 Å². The van der Waals surface area contributed by atoms with Crippen molar-refractivity contribution in [3.8, 4) is 0 Å². The molecule has 0 bridgehead atoms. The van der Waals surface area contributed by atoms with E-state index in [1.54, 1.807) is 0 Å². The number of hydrogen-bond acceptors (Lipinski definition) is 4. The molecule has 2 aromatic rings. The van der Waals surface area contributed by atoms with E-state index < -0.39 is 5.91 Å². The summed E-state index contributed by atoms with van der Waals surface area (Å²) in [6.07, 6.45) is 6.58. The second-order valence-corrected chi connectivity index (χ2v) is 6.05. The summed E-state index contributed by atoms with van der Waals surface area (Å²) in [5, 5.41) is 2.95. The fourth-order valence-corrected chi connectivity index (χ4v) is 3.23. The monoisotopic (exact) mass is 324 g/mol. The van der Waals surface area contributed by atoms with Gasteiger partial charge in [0.2, 0.25) is 0 Å². The van der Waals surface area contributed by atoms with E-state index in [-0.39, 0.29) is 23.3 Å². The van der Waals surface area contributed by atoms with Crippen LogP contribution >= 0.6 is 0 Å². The van der Waals surface area contributed by atoms with Gasteiger partial charge in [-0.25, -0.2) is 9.97 Å². The highest BCUT2D eigenvalue weighted by molar-refractivity contribution is 6.04. The summed E-state index contributed by atoms with van der Waals surface area (Å²) in [5.74, 6) is -0.599. The molecule has 0 atom stereocenters. The number of primary amides is 1. The van der Waals surface area contributed by atoms with E-state index in [2.05, 4.69) is 39.6 Å². The molecule has 1 fully saturated rings. The van der Waals surface area contributed by atoms with Crippen LogP contribution in [0.4, 0.5) is 0 Å². The summed E-state index contributed by atoms with van der Waals surface area (Å²) in [6.45, 7) is 0. The van der Waals surface area contributed by atoms with Gasteiger partial charge in [0.05, 0.1) is 0 Å². The first-order valence-electron chi connectivity index (χ1n) is 8.11. The molecule has 1 aliphatic carbocycles. The highest BCUT2D eigenvalue weighted by atomic mass is 16.2. The average molecular weight is 324 g/mol. The number of hydrogen-bond donors (Lipinski definition) is 2. The predicted molar refractivity (Wildman–Crippen MR) is 89.5 cm³/mol. The minimum Gasteiger partial charge on any atom is -0.364 e. The molecule has 1 aliphatic rings. The first-order chi connectivity index (χ1) is 11.6. The van der Waals surface area contributed by atoms with Crippen molar-refractivity contribution >= 4 is 11.8 Å². The van der Waals surface area contributed by atoms with Crippen molar-refractivity contribution in [2.45, 2.75) is 37.6 Å². The van der Waals surface area contributed by atoms with Crippen molar-refractivity contribution in [3.63, 3.8) is 0 Å². The number of aromatic nitrogens is 2. The van der Waals surface area contributed by atoms with E-state index in [1.165, 1.54) is 18.0 Å². The lowest BCUT2D eigenvalue weighted by molar-refractivity contribution is 0.0905. The molecule has 1 saturated carbocycles. The van der Waals surface area contributed by atoms with E-state index in [1.807, 2.05) is 6.07 Å². The lowest BCUT2D eigenvalue weighted by atomic mass is 9.82. The third-order valence-electron chi connectivity index (χ3n) is 4.48. The summed E-state index contributed by atoms with van der Waals surface area (Å²) in [6, 6.07) is 10.5. The third-order valence-corrected chi connectivity index (χ3v) is 4.48. The second kappa shape index (κ2) is 7.21. The van der Waals surface area contributed by atoms with Crippen molar-refractivity contribution in [2.75, 3.05) is 0 Å². The lowest BCUT2D eigenvalue weighted by Crippen LogP contribution is -2.38. The fraction of sp³-hybridized carbons (Fsp3) is 0.333. The maximum atomic E-state index is 12.4. The topological polar surface area (TPSA) is 98.0 Å². The Labute approximate surface area is 140 Å². The molecule has 0 saturated heterocycles. The van der Waals surface area contributed by atoms with Gasteiger partial charge in [-0.1, -0.05) is 30.3 Å². The van der Waals surface area contributed by atoms with Crippen LogP contribution in [0.2, 0.25) is 0 Å². The van der Waals surface area contributed by atoms with Gasteiger partial charge >= 0.3 is 0 Å². The molecule has 3 N–H and O–H groups in total. The van der Waals surface area contributed by atoms with Gasteiger partial charge in [0.25, 0.3) is 11.8 Å². The van der Waals surface area contributed by atoms with E-state index in [4.69, 9.17) is 5.73 Å². The molecule has 1 heterocycles. The van der Waals surface area contributed by atoms with Crippen LogP contribution in [0, 0.1) is 0 Å². The maximum Gasteiger partial charge on any atom is 0.272 e. The van der Waals surface area contributed by atoms with Gasteiger partial charge in [0.1, 0.15) is 0 Å². The normalized spacial score (nSPS) is 20.3. The standard InChI is InChI=1S/C18H20N4O2/c19-17(23)15-16(21-11-10-20-15)18(24)22-14-8-6-13(7-9-14)12-4-2-1-3-5-12/h1-5,10-11,13-14H,6-9H2,(H2,19,23)(H,22,24). The largest absolute Gasteiger partial charge is 0.364 e. The molecule has 0 radical (unpaired) electrons. The Kier molecular flexibility index (Phi) is 4.84. The first kappa shape index (κ1) is 16.1. The van der Waals surface area contributed by atoms with Crippen LogP contribution in [0.5, 0.6) is 0 Å². The number of rotatable bonds is 4. The number of amides is 2. The number of carbonyl (C=O) groups is 2. The van der Waals surface area contributed by atoms with E-state index in [9.17, 15) is 9.59 Å². The van der Waals surface area contributed by atoms with E-state index in [0.29, 0.717) is 5.92 Å². The van der Waals surface area contributed by atoms with Crippen molar-refractivity contribution in [1.29, 1.82) is 0 Å². The Morgan fingerprint density at radius 2 is 1.58 bits per heavy atom. The van der Waals surface area contributed by atoms with Crippen molar-refractivity contribution in [3.05, 3.63) is 59.7 Å². The molecule has 1 aromatic carbocycles. The Balaban J connectivity index is 1.60. The molecular weight excluding hydrogens is 304 g/mol. The zero-order valence-corrected chi connectivity index (χ0v) is 13.3. The number of nitrogens with two attached hydrogens (primary N) is 1. The van der Waals surface area contributed by atoms with E-state index >= 15 is 0 Å². The molecule has 6 nitrogen and oxygen atoms in total. The number of nitrogens with one attached hydrogen (secondary N) is 1. The minimum atomic E-state index is -0.749. The van der Waals surface area contributed by atoms with Crippen molar-refractivity contribution in [2.24, 2.45) is 5.73 Å². The summed E-state index contributed by atoms with van der Waals surface area (Å²) in [7, 11) is 0. The van der Waals surface area contributed by atoms with Crippen LogP contribution in [0.25, 0.3) is 0 Å². The van der Waals surface area contributed by atoms with Gasteiger partial charge in [-0.2, -0.15) is 0 Å². The van der Waals surface area contributed by atoms with Gasteiger partial charge in [-0.15, -0.1) is 0 Å². The average Bonchev–Trinajstić information content (AvgIpc) is 2.63. The van der Waals surface area contributed by atoms with Crippen LogP contribution in [0.3, 0.4) is 0 Å². The molecule has 3 rings (SSSR count).